The molecule has 0 N–H and O–H groups in total. The second-order valence-electron chi connectivity index (χ2n) is 11.9. The molecule has 0 atom stereocenters. The van der Waals surface area contributed by atoms with Gasteiger partial charge < -0.3 is 22.3 Å². The van der Waals surface area contributed by atoms with Crippen molar-refractivity contribution in [2.24, 2.45) is 7.05 Å². The van der Waals surface area contributed by atoms with Crippen LogP contribution in [-0.2, 0) is 41.2 Å². The minimum Gasteiger partial charge on any atom is -0.358 e. The van der Waals surface area contributed by atoms with Crippen molar-refractivity contribution in [3.8, 4) is 11.1 Å². The van der Waals surface area contributed by atoms with Gasteiger partial charge in [0.05, 0.1) is 15.8 Å². The molecule has 0 aliphatic carbocycles. The van der Waals surface area contributed by atoms with Crippen LogP contribution in [0.15, 0.2) is 231 Å². The van der Waals surface area contributed by atoms with E-state index >= 15 is 0 Å². The van der Waals surface area contributed by atoms with Gasteiger partial charge in [0.1, 0.15) is 38.9 Å². The molecule has 0 aliphatic rings. The summed E-state index contributed by atoms with van der Waals surface area (Å²) in [5.74, 6) is 0. The number of aromatic nitrogens is 2. The molecule has 8 aromatic rings. The molecule has 0 amide bonds. The minimum atomic E-state index is -0.877. The first-order valence-corrected chi connectivity index (χ1v) is 20.2. The maximum atomic E-state index is 3.98. The predicted octanol–water partition coefficient (Wildman–Crippen LogP) is 9.27. The fraction of sp³-hybridized carbons (Fsp3) is 0.0200. The second kappa shape index (κ2) is 27.2. The summed E-state index contributed by atoms with van der Waals surface area (Å²) >= 11 is 0. The number of benzene rings is 6. The Balaban J connectivity index is 0.000000409. The molecule has 291 valence electrons. The van der Waals surface area contributed by atoms with Gasteiger partial charge in [-0.2, -0.15) is 0 Å². The summed E-state index contributed by atoms with van der Waals surface area (Å²) in [6, 6.07) is 73.2. The minimum absolute atomic E-state index is 0. The Morgan fingerprint density at radius 1 is 0.339 bits per heavy atom. The molecule has 2 nitrogen and oxygen atoms in total. The SMILES string of the molecule is C[n+]1ccc(-c2ccncc2)cc1.[CH3-].[CH3-].[CH3-].[Cu+2].[Cu+].c1ccc([PH+](c2ccccc2)c2ccccc2)cc1.c1ccc([PH+](c2ccccc2)c2ccccc2)cc1. The molecule has 56 heavy (non-hydrogen) atoms. The molecule has 2 aromatic heterocycles. The molecule has 0 saturated carbocycles. The summed E-state index contributed by atoms with van der Waals surface area (Å²) in [6.07, 6.45) is 7.69. The average molecular weight is 870 g/mol. The normalized spacial score (nSPS) is 9.48. The first kappa shape index (κ1) is 49.5. The fourth-order valence-corrected chi connectivity index (χ4v) is 11.0. The number of nitrogens with zero attached hydrogens (tertiary/aromatic N) is 2. The van der Waals surface area contributed by atoms with Crippen LogP contribution < -0.4 is 36.4 Å². The van der Waals surface area contributed by atoms with Gasteiger partial charge in [0.25, 0.3) is 0 Å². The molecule has 6 heteroatoms. The average Bonchev–Trinajstić information content (AvgIpc) is 3.22. The molecule has 0 aliphatic heterocycles. The van der Waals surface area contributed by atoms with E-state index in [1.54, 1.807) is 0 Å². The second-order valence-corrected chi connectivity index (χ2v) is 16.9. The predicted molar refractivity (Wildman–Crippen MR) is 243 cm³/mol. The number of aryl methyl sites for hydroxylation is 1. The Kier molecular flexibility index (Phi) is 24.0. The standard InChI is InChI=1S/2C18H15P.C11H11N2.3CH3.2Cu/c2*1-4-10-16(11-5-1)19(17-12-6-2-7-13-17)18-14-8-3-9-15-18;1-13-8-4-11(5-9-13)10-2-6-12-7-3-10;;;;;/h2*1-15H;2-9H,1H3;3*1H3;;/q;;+1;3*-1;+1;+2/p+2. The summed E-state index contributed by atoms with van der Waals surface area (Å²) in [5, 5.41) is 8.61. The zero-order valence-corrected chi connectivity index (χ0v) is 36.3. The number of rotatable bonds is 7. The molecule has 2 heterocycles. The number of hydrogen-bond acceptors (Lipinski definition) is 1. The van der Waals surface area contributed by atoms with Gasteiger partial charge in [-0.05, 0) is 96.1 Å². The molecule has 0 spiro atoms. The Morgan fingerprint density at radius 2 is 0.554 bits per heavy atom. The van der Waals surface area contributed by atoms with E-state index in [0.29, 0.717) is 0 Å². The van der Waals surface area contributed by atoms with Crippen molar-refractivity contribution in [3.05, 3.63) is 253 Å². The van der Waals surface area contributed by atoms with E-state index in [-0.39, 0.29) is 56.4 Å². The van der Waals surface area contributed by atoms with Crippen LogP contribution >= 0.6 is 15.8 Å². The van der Waals surface area contributed by atoms with Gasteiger partial charge in [0.2, 0.25) is 0 Å². The van der Waals surface area contributed by atoms with Gasteiger partial charge in [-0.15, -0.1) is 0 Å². The van der Waals surface area contributed by atoms with Crippen LogP contribution in [0.5, 0.6) is 0 Å². The van der Waals surface area contributed by atoms with Crippen LogP contribution in [0, 0.1) is 22.3 Å². The van der Waals surface area contributed by atoms with Gasteiger partial charge in [0.15, 0.2) is 12.4 Å². The van der Waals surface area contributed by atoms with Crippen molar-refractivity contribution in [3.63, 3.8) is 0 Å². The smallest absolute Gasteiger partial charge is 0.358 e. The molecule has 0 unspecified atom stereocenters. The van der Waals surface area contributed by atoms with Crippen LogP contribution in [0.4, 0.5) is 0 Å². The Morgan fingerprint density at radius 3 is 0.786 bits per heavy atom. The van der Waals surface area contributed by atoms with Crippen molar-refractivity contribution in [2.45, 2.75) is 0 Å². The molecule has 1 radical (unpaired) electrons. The van der Waals surface area contributed by atoms with Crippen LogP contribution in [0.1, 0.15) is 0 Å². The monoisotopic (exact) mass is 868 g/mol. The van der Waals surface area contributed by atoms with Crippen LogP contribution in [-0.4, -0.2) is 4.98 Å². The van der Waals surface area contributed by atoms with Crippen LogP contribution in [0.25, 0.3) is 11.1 Å². The quantitative estimate of drug-likeness (QED) is 0.0676. The molecule has 0 saturated heterocycles. The van der Waals surface area contributed by atoms with Gasteiger partial charge >= 0.3 is 34.1 Å². The fourth-order valence-electron chi connectivity index (χ4n) is 5.87. The van der Waals surface area contributed by atoms with Crippen molar-refractivity contribution < 1.29 is 38.7 Å². The van der Waals surface area contributed by atoms with Gasteiger partial charge in [-0.3, -0.25) is 4.98 Å². The van der Waals surface area contributed by atoms with Gasteiger partial charge in [0, 0.05) is 24.5 Å². The topological polar surface area (TPSA) is 16.8 Å². The van der Waals surface area contributed by atoms with E-state index in [9.17, 15) is 0 Å². The summed E-state index contributed by atoms with van der Waals surface area (Å²) < 4.78 is 2.02. The zero-order chi connectivity index (χ0) is 34.9. The van der Waals surface area contributed by atoms with Crippen LogP contribution in [0.2, 0.25) is 0 Å². The molecule has 6 aromatic carbocycles. The van der Waals surface area contributed by atoms with Crippen LogP contribution in [0.3, 0.4) is 0 Å². The summed E-state index contributed by atoms with van der Waals surface area (Å²) in [7, 11) is 0.256. The van der Waals surface area contributed by atoms with E-state index in [1.165, 1.54) is 43.0 Å². The molecular weight excluding hydrogens is 818 g/mol. The molecule has 8 rings (SSSR count). The van der Waals surface area contributed by atoms with Crippen molar-refractivity contribution in [1.82, 2.24) is 4.98 Å². The third kappa shape index (κ3) is 14.5. The van der Waals surface area contributed by atoms with E-state index in [1.807, 2.05) is 48.5 Å². The maximum absolute atomic E-state index is 3.98. The van der Waals surface area contributed by atoms with E-state index in [0.717, 1.165) is 0 Å². The van der Waals surface area contributed by atoms with Crippen molar-refractivity contribution in [1.29, 1.82) is 0 Å². The van der Waals surface area contributed by atoms with E-state index in [2.05, 4.69) is 199 Å². The number of pyridine rings is 2. The molecular formula is C50H52Cu2N2P2+3. The molecule has 0 fully saturated rings. The van der Waals surface area contributed by atoms with Gasteiger partial charge in [-0.25, -0.2) is 4.57 Å². The van der Waals surface area contributed by atoms with E-state index in [4.69, 9.17) is 0 Å². The largest absolute Gasteiger partial charge is 2.00 e. The Bertz CT molecular complexity index is 1820. The maximum Gasteiger partial charge on any atom is 2.00 e. The number of hydrogen-bond donors (Lipinski definition) is 0. The summed E-state index contributed by atoms with van der Waals surface area (Å²) in [4.78, 5) is 3.98. The summed E-state index contributed by atoms with van der Waals surface area (Å²) in [6.45, 7) is 0. The Labute approximate surface area is 360 Å². The van der Waals surface area contributed by atoms with Crippen molar-refractivity contribution in [2.75, 3.05) is 0 Å². The van der Waals surface area contributed by atoms with Gasteiger partial charge in [-0.1, -0.05) is 109 Å². The van der Waals surface area contributed by atoms with E-state index < -0.39 is 15.8 Å². The van der Waals surface area contributed by atoms with Crippen molar-refractivity contribution >= 4 is 47.7 Å². The zero-order valence-electron chi connectivity index (χ0n) is 32.4. The summed E-state index contributed by atoms with van der Waals surface area (Å²) in [5.41, 5.74) is 2.43. The Hall–Kier alpha value is -4.48. The first-order chi connectivity index (χ1) is 25.3. The third-order valence-corrected chi connectivity index (χ3v) is 13.8. The molecule has 0 bridgehead atoms. The third-order valence-electron chi connectivity index (χ3n) is 8.37. The first-order valence-electron chi connectivity index (χ1n) is 17.2.